The molecule has 0 radical (unpaired) electrons. The van der Waals surface area contributed by atoms with E-state index in [1.165, 1.54) is 0 Å². The first-order valence-electron chi connectivity index (χ1n) is 10.7. The van der Waals surface area contributed by atoms with Crippen molar-refractivity contribution in [3.63, 3.8) is 0 Å². The predicted molar refractivity (Wildman–Crippen MR) is 131 cm³/mol. The molecule has 3 rings (SSSR count). The van der Waals surface area contributed by atoms with E-state index >= 15 is 0 Å². The number of para-hydroxylation sites is 1. The van der Waals surface area contributed by atoms with Gasteiger partial charge in [-0.25, -0.2) is 0 Å². The number of carbonyl (C=O) groups is 3. The number of esters is 1. The summed E-state index contributed by atoms with van der Waals surface area (Å²) in [6, 6.07) is 21.4. The zero-order valence-electron chi connectivity index (χ0n) is 18.7. The molecule has 0 aliphatic heterocycles. The quantitative estimate of drug-likeness (QED) is 0.361. The van der Waals surface area contributed by atoms with Crippen LogP contribution in [-0.2, 0) is 19.1 Å². The molecule has 3 aromatic rings. The number of hydrogen-bond acceptors (Lipinski definition) is 5. The van der Waals surface area contributed by atoms with Gasteiger partial charge in [0.05, 0.1) is 0 Å². The van der Waals surface area contributed by atoms with E-state index in [1.54, 1.807) is 36.4 Å². The topological polar surface area (TPSA) is 93.7 Å². The SMILES string of the molecule is Cc1ccc(NC(=O)CCCC(=O)OCC(=O)Nc2ccc(Oc3ccccc3)cc2)cc1Cl. The van der Waals surface area contributed by atoms with Crippen molar-refractivity contribution >= 4 is 40.8 Å². The molecule has 3 aromatic carbocycles. The standard InChI is InChI=1S/C26H25ClN2O5/c1-18-10-11-20(16-23(18)27)29-24(30)8-5-9-26(32)33-17-25(31)28-19-12-14-22(15-13-19)34-21-6-3-2-4-7-21/h2-4,6-7,10-16H,5,8-9,17H2,1H3,(H,28,31)(H,29,30). The van der Waals surface area contributed by atoms with Crippen LogP contribution in [0.1, 0.15) is 24.8 Å². The van der Waals surface area contributed by atoms with Gasteiger partial charge in [-0.05, 0) is 67.4 Å². The monoisotopic (exact) mass is 480 g/mol. The van der Waals surface area contributed by atoms with Crippen LogP contribution in [0.4, 0.5) is 11.4 Å². The lowest BCUT2D eigenvalue weighted by Crippen LogP contribution is -2.21. The van der Waals surface area contributed by atoms with Crippen molar-refractivity contribution in [1.29, 1.82) is 0 Å². The highest BCUT2D eigenvalue weighted by molar-refractivity contribution is 6.31. The van der Waals surface area contributed by atoms with Crippen molar-refractivity contribution in [2.45, 2.75) is 26.2 Å². The van der Waals surface area contributed by atoms with Crippen molar-refractivity contribution in [3.8, 4) is 11.5 Å². The number of amides is 2. The molecule has 0 heterocycles. The average Bonchev–Trinajstić information content (AvgIpc) is 2.82. The summed E-state index contributed by atoms with van der Waals surface area (Å²) < 4.78 is 10.7. The maximum absolute atomic E-state index is 12.0. The molecular formula is C26H25ClN2O5. The number of carbonyl (C=O) groups excluding carboxylic acids is 3. The van der Waals surface area contributed by atoms with E-state index in [0.717, 1.165) is 5.56 Å². The van der Waals surface area contributed by atoms with Gasteiger partial charge in [0, 0.05) is 29.2 Å². The molecule has 176 valence electrons. The van der Waals surface area contributed by atoms with E-state index in [-0.39, 0.29) is 18.7 Å². The average molecular weight is 481 g/mol. The lowest BCUT2D eigenvalue weighted by molar-refractivity contribution is -0.147. The number of hydrogen-bond donors (Lipinski definition) is 2. The maximum atomic E-state index is 12.0. The van der Waals surface area contributed by atoms with Gasteiger partial charge in [0.15, 0.2) is 6.61 Å². The minimum atomic E-state index is -0.548. The molecule has 7 nitrogen and oxygen atoms in total. The second kappa shape index (κ2) is 12.4. The number of anilines is 2. The largest absolute Gasteiger partial charge is 0.457 e. The number of nitrogens with one attached hydrogen (secondary N) is 2. The highest BCUT2D eigenvalue weighted by Crippen LogP contribution is 2.23. The molecule has 0 fully saturated rings. The Morgan fingerprint density at radius 3 is 2.15 bits per heavy atom. The summed E-state index contributed by atoms with van der Waals surface area (Å²) in [4.78, 5) is 35.9. The minimum absolute atomic E-state index is 0.0286. The van der Waals surface area contributed by atoms with Gasteiger partial charge in [0.25, 0.3) is 5.91 Å². The summed E-state index contributed by atoms with van der Waals surface area (Å²) in [5.74, 6) is 0.102. The smallest absolute Gasteiger partial charge is 0.306 e. The molecule has 2 amide bonds. The molecule has 0 aliphatic carbocycles. The van der Waals surface area contributed by atoms with Crippen LogP contribution in [0.25, 0.3) is 0 Å². The molecular weight excluding hydrogens is 456 g/mol. The maximum Gasteiger partial charge on any atom is 0.306 e. The summed E-state index contributed by atoms with van der Waals surface area (Å²) in [7, 11) is 0. The van der Waals surface area contributed by atoms with Crippen molar-refractivity contribution in [2.24, 2.45) is 0 Å². The lowest BCUT2D eigenvalue weighted by atomic mass is 10.2. The van der Waals surface area contributed by atoms with E-state index in [0.29, 0.717) is 34.3 Å². The van der Waals surface area contributed by atoms with Crippen LogP contribution < -0.4 is 15.4 Å². The molecule has 0 aliphatic rings. The van der Waals surface area contributed by atoms with Gasteiger partial charge < -0.3 is 20.1 Å². The number of benzene rings is 3. The van der Waals surface area contributed by atoms with E-state index < -0.39 is 18.5 Å². The van der Waals surface area contributed by atoms with Crippen molar-refractivity contribution < 1.29 is 23.9 Å². The van der Waals surface area contributed by atoms with Gasteiger partial charge in [-0.3, -0.25) is 14.4 Å². The fourth-order valence-corrected chi connectivity index (χ4v) is 3.11. The van der Waals surface area contributed by atoms with E-state index in [4.69, 9.17) is 21.1 Å². The zero-order chi connectivity index (χ0) is 24.3. The van der Waals surface area contributed by atoms with E-state index in [1.807, 2.05) is 43.3 Å². The van der Waals surface area contributed by atoms with Gasteiger partial charge in [-0.1, -0.05) is 35.9 Å². The molecule has 0 aromatic heterocycles. The fraction of sp³-hybridized carbons (Fsp3) is 0.192. The Bertz CT molecular complexity index is 1130. The second-order valence-corrected chi connectivity index (χ2v) is 7.92. The van der Waals surface area contributed by atoms with E-state index in [2.05, 4.69) is 10.6 Å². The first kappa shape index (κ1) is 24.8. The normalized spacial score (nSPS) is 10.3. The zero-order valence-corrected chi connectivity index (χ0v) is 19.4. The molecule has 0 saturated carbocycles. The van der Waals surface area contributed by atoms with Crippen LogP contribution in [0.2, 0.25) is 5.02 Å². The third-order valence-corrected chi connectivity index (χ3v) is 5.13. The number of halogens is 1. The van der Waals surface area contributed by atoms with Crippen LogP contribution >= 0.6 is 11.6 Å². The Morgan fingerprint density at radius 1 is 0.794 bits per heavy atom. The van der Waals surface area contributed by atoms with Crippen molar-refractivity contribution in [1.82, 2.24) is 0 Å². The highest BCUT2D eigenvalue weighted by Gasteiger charge is 2.10. The third-order valence-electron chi connectivity index (χ3n) is 4.72. The van der Waals surface area contributed by atoms with Gasteiger partial charge in [-0.15, -0.1) is 0 Å². The Kier molecular flexibility index (Phi) is 9.05. The first-order valence-corrected chi connectivity index (χ1v) is 11.1. The lowest BCUT2D eigenvalue weighted by Gasteiger charge is -2.09. The van der Waals surface area contributed by atoms with Gasteiger partial charge in [-0.2, -0.15) is 0 Å². The summed E-state index contributed by atoms with van der Waals surface area (Å²) in [6.45, 7) is 1.47. The van der Waals surface area contributed by atoms with Crippen molar-refractivity contribution in [2.75, 3.05) is 17.2 Å². The molecule has 0 spiro atoms. The number of aryl methyl sites for hydroxylation is 1. The molecule has 0 atom stereocenters. The summed E-state index contributed by atoms with van der Waals surface area (Å²) >= 11 is 6.04. The summed E-state index contributed by atoms with van der Waals surface area (Å²) in [6.07, 6.45) is 0.472. The van der Waals surface area contributed by atoms with Crippen LogP contribution in [0, 0.1) is 6.92 Å². The molecule has 0 bridgehead atoms. The number of ether oxygens (including phenoxy) is 2. The molecule has 34 heavy (non-hydrogen) atoms. The molecule has 2 N–H and O–H groups in total. The van der Waals surface area contributed by atoms with Gasteiger partial charge >= 0.3 is 5.97 Å². The Labute approximate surface area is 203 Å². The highest BCUT2D eigenvalue weighted by atomic mass is 35.5. The summed E-state index contributed by atoms with van der Waals surface area (Å²) in [5.41, 5.74) is 2.06. The predicted octanol–water partition coefficient (Wildman–Crippen LogP) is 5.73. The van der Waals surface area contributed by atoms with Crippen molar-refractivity contribution in [3.05, 3.63) is 83.4 Å². The fourth-order valence-electron chi connectivity index (χ4n) is 2.93. The Hall–Kier alpha value is -3.84. The van der Waals surface area contributed by atoms with Crippen LogP contribution in [0.5, 0.6) is 11.5 Å². The second-order valence-electron chi connectivity index (χ2n) is 7.51. The molecule has 0 saturated heterocycles. The first-order chi connectivity index (χ1) is 16.4. The minimum Gasteiger partial charge on any atom is -0.457 e. The Morgan fingerprint density at radius 2 is 1.44 bits per heavy atom. The number of rotatable bonds is 10. The van der Waals surface area contributed by atoms with Gasteiger partial charge in [0.2, 0.25) is 5.91 Å². The van der Waals surface area contributed by atoms with Crippen LogP contribution in [0.15, 0.2) is 72.8 Å². The van der Waals surface area contributed by atoms with Crippen LogP contribution in [-0.4, -0.2) is 24.4 Å². The molecule has 0 unspecified atom stereocenters. The Balaban J connectivity index is 1.32. The third kappa shape index (κ3) is 8.26. The van der Waals surface area contributed by atoms with Crippen LogP contribution in [0.3, 0.4) is 0 Å². The van der Waals surface area contributed by atoms with Gasteiger partial charge in [0.1, 0.15) is 11.5 Å². The summed E-state index contributed by atoms with van der Waals surface area (Å²) in [5, 5.41) is 5.95. The van der Waals surface area contributed by atoms with E-state index in [9.17, 15) is 14.4 Å². The molecule has 8 heteroatoms.